The number of amides is 3. The molecule has 2 N–H and O–H groups in total. The first-order valence-electron chi connectivity index (χ1n) is 7.21. The molecule has 1 aromatic rings. The third-order valence-electron chi connectivity index (χ3n) is 3.32. The Morgan fingerprint density at radius 3 is 2.50 bits per heavy atom. The number of nitro benzene ring substituents is 1. The van der Waals surface area contributed by atoms with E-state index in [2.05, 4.69) is 5.32 Å². The van der Waals surface area contributed by atoms with Gasteiger partial charge in [-0.3, -0.25) is 34.2 Å². The molecular formula is C15H13N3O7S. The van der Waals surface area contributed by atoms with Crippen molar-refractivity contribution in [3.05, 3.63) is 44.8 Å². The van der Waals surface area contributed by atoms with Crippen LogP contribution in [0.4, 0.5) is 10.5 Å². The maximum Gasteiger partial charge on any atom is 0.325 e. The number of nitrogens with zero attached hydrogens (tertiary/aromatic N) is 2. The molecule has 1 heterocycles. The molecule has 10 nitrogen and oxygen atoms in total. The van der Waals surface area contributed by atoms with Gasteiger partial charge >= 0.3 is 5.97 Å². The van der Waals surface area contributed by atoms with Crippen LogP contribution in [0.25, 0.3) is 6.08 Å². The van der Waals surface area contributed by atoms with Crippen molar-refractivity contribution in [2.75, 3.05) is 6.54 Å². The Hall–Kier alpha value is -3.21. The number of thioether (sulfide) groups is 1. The number of hydrogen-bond acceptors (Lipinski definition) is 7. The first-order chi connectivity index (χ1) is 12.2. The summed E-state index contributed by atoms with van der Waals surface area (Å²) in [5.41, 5.74) is 0.365. The summed E-state index contributed by atoms with van der Waals surface area (Å²) in [6.45, 7) is 0.655. The Kier molecular flexibility index (Phi) is 5.72. The van der Waals surface area contributed by atoms with Gasteiger partial charge in [-0.25, -0.2) is 0 Å². The van der Waals surface area contributed by atoms with E-state index in [1.54, 1.807) is 0 Å². The minimum absolute atomic E-state index is 0.0583. The molecule has 26 heavy (non-hydrogen) atoms. The molecule has 1 unspecified atom stereocenters. The number of carbonyl (C=O) groups is 4. The highest BCUT2D eigenvalue weighted by molar-refractivity contribution is 8.18. The number of hydrogen-bond donors (Lipinski definition) is 2. The molecule has 0 bridgehead atoms. The molecule has 1 aliphatic rings. The normalized spacial score (nSPS) is 16.7. The van der Waals surface area contributed by atoms with Crippen molar-refractivity contribution in [1.82, 2.24) is 10.2 Å². The molecule has 2 rings (SSSR count). The van der Waals surface area contributed by atoms with Crippen LogP contribution in [0, 0.1) is 10.1 Å². The highest BCUT2D eigenvalue weighted by Gasteiger charge is 2.36. The van der Waals surface area contributed by atoms with E-state index in [1.807, 2.05) is 0 Å². The molecule has 11 heteroatoms. The second-order valence-electron chi connectivity index (χ2n) is 5.24. The van der Waals surface area contributed by atoms with Gasteiger partial charge in [-0.1, -0.05) is 0 Å². The smallest absolute Gasteiger partial charge is 0.325 e. The van der Waals surface area contributed by atoms with Gasteiger partial charge < -0.3 is 10.4 Å². The predicted molar refractivity (Wildman–Crippen MR) is 91.0 cm³/mol. The maximum absolute atomic E-state index is 12.3. The van der Waals surface area contributed by atoms with Crippen molar-refractivity contribution in [2.45, 2.75) is 13.0 Å². The maximum atomic E-state index is 12.3. The predicted octanol–water partition coefficient (Wildman–Crippen LogP) is 1.22. The Morgan fingerprint density at radius 1 is 1.35 bits per heavy atom. The number of carboxylic acid groups (broad SMARTS) is 1. The van der Waals surface area contributed by atoms with E-state index in [9.17, 15) is 29.3 Å². The monoisotopic (exact) mass is 379 g/mol. The fourth-order valence-electron chi connectivity index (χ4n) is 1.97. The number of carbonyl (C=O) groups excluding carboxylic acids is 3. The number of aliphatic carboxylic acids is 1. The minimum atomic E-state index is -1.24. The Labute approximate surface area is 151 Å². The first kappa shape index (κ1) is 19.1. The summed E-state index contributed by atoms with van der Waals surface area (Å²) in [5.74, 6) is -2.72. The van der Waals surface area contributed by atoms with Gasteiger partial charge in [0.05, 0.1) is 9.83 Å². The van der Waals surface area contributed by atoms with E-state index in [0.717, 1.165) is 0 Å². The number of nitrogens with one attached hydrogen (secondary N) is 1. The number of carboxylic acids is 1. The van der Waals surface area contributed by atoms with Gasteiger partial charge in [0.25, 0.3) is 16.8 Å². The molecule has 3 amide bonds. The molecule has 0 saturated carbocycles. The van der Waals surface area contributed by atoms with Gasteiger partial charge in [-0.2, -0.15) is 0 Å². The lowest BCUT2D eigenvalue weighted by Gasteiger charge is -2.14. The second kappa shape index (κ2) is 7.78. The van der Waals surface area contributed by atoms with Crippen molar-refractivity contribution < 1.29 is 29.2 Å². The number of rotatable bonds is 6. The van der Waals surface area contributed by atoms with Crippen LogP contribution >= 0.6 is 11.8 Å². The molecule has 0 spiro atoms. The number of non-ortho nitro benzene ring substituents is 1. The highest BCUT2D eigenvalue weighted by atomic mass is 32.2. The fraction of sp³-hybridized carbons (Fsp3) is 0.200. The molecule has 1 atom stereocenters. The Morgan fingerprint density at radius 2 is 1.96 bits per heavy atom. The molecule has 136 valence electrons. The summed E-state index contributed by atoms with van der Waals surface area (Å²) >= 11 is 0.623. The zero-order chi connectivity index (χ0) is 19.4. The zero-order valence-electron chi connectivity index (χ0n) is 13.4. The number of benzene rings is 1. The summed E-state index contributed by atoms with van der Waals surface area (Å²) < 4.78 is 0. The molecule has 1 saturated heterocycles. The first-order valence-corrected chi connectivity index (χ1v) is 8.02. The van der Waals surface area contributed by atoms with Gasteiger partial charge in [0.2, 0.25) is 5.91 Å². The van der Waals surface area contributed by atoms with Crippen molar-refractivity contribution in [2.24, 2.45) is 0 Å². The molecule has 1 aromatic carbocycles. The van der Waals surface area contributed by atoms with Crippen molar-refractivity contribution in [3.63, 3.8) is 0 Å². The van der Waals surface area contributed by atoms with Crippen LogP contribution in [0.3, 0.4) is 0 Å². The average molecular weight is 379 g/mol. The Balaban J connectivity index is 2.09. The van der Waals surface area contributed by atoms with Crippen molar-refractivity contribution in [3.8, 4) is 0 Å². The van der Waals surface area contributed by atoms with Crippen LogP contribution in [0.2, 0.25) is 0 Å². The molecule has 0 radical (unpaired) electrons. The van der Waals surface area contributed by atoms with E-state index < -0.39 is 40.5 Å². The minimum Gasteiger partial charge on any atom is -0.480 e. The van der Waals surface area contributed by atoms with Crippen molar-refractivity contribution in [1.29, 1.82) is 0 Å². The highest BCUT2D eigenvalue weighted by Crippen LogP contribution is 2.32. The SMILES string of the molecule is CC(NC(=O)CN1C(=O)S/C(=C\c2ccc([N+](=O)[O-])cc2)C1=O)C(=O)O. The van der Waals surface area contributed by atoms with Crippen LogP contribution in [0.5, 0.6) is 0 Å². The summed E-state index contributed by atoms with van der Waals surface area (Å²) in [7, 11) is 0. The quantitative estimate of drug-likeness (QED) is 0.426. The van der Waals surface area contributed by atoms with Crippen LogP contribution in [0.1, 0.15) is 12.5 Å². The lowest BCUT2D eigenvalue weighted by atomic mass is 10.2. The Bertz CT molecular complexity index is 819. The largest absolute Gasteiger partial charge is 0.480 e. The molecule has 0 aromatic heterocycles. The van der Waals surface area contributed by atoms with Gasteiger partial charge in [0, 0.05) is 12.1 Å². The molecule has 1 fully saturated rings. The summed E-state index contributed by atoms with van der Waals surface area (Å²) in [5, 5.41) is 20.8. The molecular weight excluding hydrogens is 366 g/mol. The van der Waals surface area contributed by atoms with E-state index in [1.165, 1.54) is 37.3 Å². The van der Waals surface area contributed by atoms with E-state index >= 15 is 0 Å². The van der Waals surface area contributed by atoms with Crippen LogP contribution < -0.4 is 5.32 Å². The standard InChI is InChI=1S/C15H13N3O7S/c1-8(14(21)22)16-12(19)7-17-13(20)11(26-15(17)23)6-9-2-4-10(5-3-9)18(24)25/h2-6,8H,7H2,1H3,(H,16,19)(H,21,22)/b11-6-. The van der Waals surface area contributed by atoms with Gasteiger partial charge in [0.15, 0.2) is 0 Å². The topological polar surface area (TPSA) is 147 Å². The molecule has 1 aliphatic heterocycles. The van der Waals surface area contributed by atoms with Gasteiger partial charge in [-0.15, -0.1) is 0 Å². The summed E-state index contributed by atoms with van der Waals surface area (Å²) in [6, 6.07) is 4.21. The van der Waals surface area contributed by atoms with Crippen LogP contribution in [0.15, 0.2) is 29.2 Å². The fourth-order valence-corrected chi connectivity index (χ4v) is 2.81. The van der Waals surface area contributed by atoms with Crippen molar-refractivity contribution >= 4 is 46.5 Å². The number of nitro groups is 1. The lowest BCUT2D eigenvalue weighted by molar-refractivity contribution is -0.384. The lowest BCUT2D eigenvalue weighted by Crippen LogP contribution is -2.45. The van der Waals surface area contributed by atoms with E-state index in [0.29, 0.717) is 22.2 Å². The van der Waals surface area contributed by atoms with Crippen LogP contribution in [-0.4, -0.2) is 50.5 Å². The average Bonchev–Trinajstić information content (AvgIpc) is 2.82. The van der Waals surface area contributed by atoms with E-state index in [4.69, 9.17) is 5.11 Å². The summed E-state index contributed by atoms with van der Waals surface area (Å²) in [4.78, 5) is 57.5. The summed E-state index contributed by atoms with van der Waals surface area (Å²) in [6.07, 6.45) is 1.38. The molecule has 0 aliphatic carbocycles. The number of imide groups is 1. The van der Waals surface area contributed by atoms with Gasteiger partial charge in [-0.05, 0) is 42.5 Å². The zero-order valence-corrected chi connectivity index (χ0v) is 14.2. The van der Waals surface area contributed by atoms with Gasteiger partial charge in [0.1, 0.15) is 12.6 Å². The third-order valence-corrected chi connectivity index (χ3v) is 4.23. The third kappa shape index (κ3) is 4.45. The van der Waals surface area contributed by atoms with Crippen LogP contribution in [-0.2, 0) is 14.4 Å². The second-order valence-corrected chi connectivity index (χ2v) is 6.24. The van der Waals surface area contributed by atoms with E-state index in [-0.39, 0.29) is 10.6 Å².